The Morgan fingerprint density at radius 1 is 1.29 bits per heavy atom. The number of rotatable bonds is 4. The van der Waals surface area contributed by atoms with Gasteiger partial charge in [0.25, 0.3) is 0 Å². The van der Waals surface area contributed by atoms with Gasteiger partial charge >= 0.3 is 5.97 Å². The molecule has 1 atom stereocenters. The van der Waals surface area contributed by atoms with Crippen LogP contribution in [-0.2, 0) is 15.0 Å². The Kier molecular flexibility index (Phi) is 4.66. The van der Waals surface area contributed by atoms with Gasteiger partial charge in [0.15, 0.2) is 0 Å². The predicted molar refractivity (Wildman–Crippen MR) is 81.0 cm³/mol. The maximum atomic E-state index is 12.8. The van der Waals surface area contributed by atoms with Gasteiger partial charge in [0.05, 0.1) is 5.41 Å². The first-order valence-electron chi connectivity index (χ1n) is 7.48. The Bertz CT molecular complexity index is 510. The third-order valence-corrected chi connectivity index (χ3v) is 4.30. The van der Waals surface area contributed by atoms with Crippen molar-refractivity contribution in [2.75, 3.05) is 13.1 Å². The van der Waals surface area contributed by atoms with Crippen LogP contribution in [0, 0.1) is 5.92 Å². The molecule has 1 aliphatic rings. The second-order valence-electron chi connectivity index (χ2n) is 6.35. The van der Waals surface area contributed by atoms with Gasteiger partial charge in [-0.2, -0.15) is 0 Å². The molecule has 1 fully saturated rings. The fraction of sp³-hybridized carbons (Fsp3) is 0.529. The lowest BCUT2D eigenvalue weighted by molar-refractivity contribution is -0.142. The average Bonchev–Trinajstić information content (AvgIpc) is 2.47. The number of amides is 1. The predicted octanol–water partition coefficient (Wildman–Crippen LogP) is 2.68. The van der Waals surface area contributed by atoms with Gasteiger partial charge in [0.1, 0.15) is 0 Å². The summed E-state index contributed by atoms with van der Waals surface area (Å²) in [6, 6.07) is 9.75. The Balaban J connectivity index is 2.10. The molecule has 4 nitrogen and oxygen atoms in total. The van der Waals surface area contributed by atoms with E-state index in [0.717, 1.165) is 24.9 Å². The molecular formula is C17H23NO3. The quantitative estimate of drug-likeness (QED) is 0.927. The maximum Gasteiger partial charge on any atom is 0.303 e. The van der Waals surface area contributed by atoms with Crippen LogP contribution in [0.5, 0.6) is 0 Å². The van der Waals surface area contributed by atoms with E-state index in [4.69, 9.17) is 5.11 Å². The van der Waals surface area contributed by atoms with E-state index < -0.39 is 11.4 Å². The van der Waals surface area contributed by atoms with Crippen molar-refractivity contribution in [3.63, 3.8) is 0 Å². The van der Waals surface area contributed by atoms with E-state index in [1.807, 2.05) is 49.1 Å². The first kappa shape index (κ1) is 15.5. The number of carbonyl (C=O) groups is 2. The van der Waals surface area contributed by atoms with Gasteiger partial charge in [-0.15, -0.1) is 0 Å². The Hall–Kier alpha value is -1.84. The molecule has 0 aromatic heterocycles. The van der Waals surface area contributed by atoms with E-state index in [9.17, 15) is 9.59 Å². The average molecular weight is 289 g/mol. The molecule has 1 aromatic rings. The highest BCUT2D eigenvalue weighted by Crippen LogP contribution is 2.28. The molecule has 1 unspecified atom stereocenters. The summed E-state index contributed by atoms with van der Waals surface area (Å²) >= 11 is 0. The number of carboxylic acids is 1. The lowest BCUT2D eigenvalue weighted by Gasteiger charge is -2.37. The Labute approximate surface area is 125 Å². The van der Waals surface area contributed by atoms with Crippen LogP contribution in [0.15, 0.2) is 30.3 Å². The zero-order valence-corrected chi connectivity index (χ0v) is 12.7. The lowest BCUT2D eigenvalue weighted by atomic mass is 9.82. The molecule has 4 heteroatoms. The second-order valence-corrected chi connectivity index (χ2v) is 6.35. The number of hydrogen-bond acceptors (Lipinski definition) is 2. The zero-order chi connectivity index (χ0) is 15.5. The van der Waals surface area contributed by atoms with Crippen molar-refractivity contribution in [2.24, 2.45) is 5.92 Å². The maximum absolute atomic E-state index is 12.8. The third-order valence-electron chi connectivity index (χ3n) is 4.30. The van der Waals surface area contributed by atoms with Crippen molar-refractivity contribution in [3.8, 4) is 0 Å². The van der Waals surface area contributed by atoms with Crippen LogP contribution in [0.25, 0.3) is 0 Å². The van der Waals surface area contributed by atoms with E-state index in [2.05, 4.69) is 0 Å². The molecule has 1 aromatic carbocycles. The Morgan fingerprint density at radius 2 is 1.95 bits per heavy atom. The molecule has 0 bridgehead atoms. The van der Waals surface area contributed by atoms with Gasteiger partial charge in [-0.3, -0.25) is 9.59 Å². The smallest absolute Gasteiger partial charge is 0.303 e. The number of carbonyl (C=O) groups excluding carboxylic acids is 1. The summed E-state index contributed by atoms with van der Waals surface area (Å²) in [7, 11) is 0. The molecule has 0 aliphatic carbocycles. The molecule has 21 heavy (non-hydrogen) atoms. The van der Waals surface area contributed by atoms with E-state index >= 15 is 0 Å². The summed E-state index contributed by atoms with van der Waals surface area (Å²) in [4.78, 5) is 25.5. The minimum Gasteiger partial charge on any atom is -0.481 e. The number of likely N-dealkylation sites (tertiary alicyclic amines) is 1. The molecule has 1 N–H and O–H groups in total. The molecule has 1 heterocycles. The summed E-state index contributed by atoms with van der Waals surface area (Å²) < 4.78 is 0. The molecule has 1 amide bonds. The van der Waals surface area contributed by atoms with E-state index in [-0.39, 0.29) is 18.2 Å². The molecular weight excluding hydrogens is 266 g/mol. The van der Waals surface area contributed by atoms with Crippen molar-refractivity contribution in [1.29, 1.82) is 0 Å². The molecule has 1 saturated heterocycles. The molecule has 0 saturated carbocycles. The molecule has 114 valence electrons. The second kappa shape index (κ2) is 6.29. The monoisotopic (exact) mass is 289 g/mol. The summed E-state index contributed by atoms with van der Waals surface area (Å²) in [5.41, 5.74) is 0.419. The normalized spacial score (nSPS) is 19.3. The van der Waals surface area contributed by atoms with Crippen LogP contribution in [0.2, 0.25) is 0 Å². The lowest BCUT2D eigenvalue weighted by Crippen LogP contribution is -2.48. The number of nitrogens with zero attached hydrogens (tertiary/aromatic N) is 1. The largest absolute Gasteiger partial charge is 0.481 e. The highest BCUT2D eigenvalue weighted by atomic mass is 16.4. The van der Waals surface area contributed by atoms with Crippen LogP contribution < -0.4 is 0 Å². The van der Waals surface area contributed by atoms with Crippen molar-refractivity contribution >= 4 is 11.9 Å². The number of aliphatic carboxylic acids is 1. The van der Waals surface area contributed by atoms with E-state index in [0.29, 0.717) is 6.54 Å². The first-order chi connectivity index (χ1) is 9.91. The Morgan fingerprint density at radius 3 is 2.57 bits per heavy atom. The zero-order valence-electron chi connectivity index (χ0n) is 12.7. The topological polar surface area (TPSA) is 57.6 Å². The first-order valence-corrected chi connectivity index (χ1v) is 7.48. The number of piperidine rings is 1. The summed E-state index contributed by atoms with van der Waals surface area (Å²) in [6.07, 6.45) is 1.92. The van der Waals surface area contributed by atoms with Crippen molar-refractivity contribution < 1.29 is 14.7 Å². The fourth-order valence-corrected chi connectivity index (χ4v) is 3.04. The van der Waals surface area contributed by atoms with Gasteiger partial charge < -0.3 is 10.0 Å². The number of carboxylic acid groups (broad SMARTS) is 1. The van der Waals surface area contributed by atoms with Crippen molar-refractivity contribution in [3.05, 3.63) is 35.9 Å². The molecule has 2 rings (SSSR count). The van der Waals surface area contributed by atoms with Gasteiger partial charge in [0, 0.05) is 19.5 Å². The van der Waals surface area contributed by atoms with Gasteiger partial charge in [-0.25, -0.2) is 0 Å². The van der Waals surface area contributed by atoms with Gasteiger partial charge in [-0.1, -0.05) is 30.3 Å². The van der Waals surface area contributed by atoms with Crippen LogP contribution in [0.3, 0.4) is 0 Å². The fourth-order valence-electron chi connectivity index (χ4n) is 3.04. The van der Waals surface area contributed by atoms with Crippen LogP contribution in [0.4, 0.5) is 0 Å². The van der Waals surface area contributed by atoms with Gasteiger partial charge in [0.2, 0.25) is 5.91 Å². The van der Waals surface area contributed by atoms with E-state index in [1.54, 1.807) is 0 Å². The van der Waals surface area contributed by atoms with Crippen molar-refractivity contribution in [1.82, 2.24) is 4.90 Å². The van der Waals surface area contributed by atoms with Crippen molar-refractivity contribution in [2.45, 2.75) is 38.5 Å². The van der Waals surface area contributed by atoms with Gasteiger partial charge in [-0.05, 0) is 38.2 Å². The van der Waals surface area contributed by atoms with Crippen LogP contribution >= 0.6 is 0 Å². The summed E-state index contributed by atoms with van der Waals surface area (Å²) in [5, 5.41) is 8.93. The summed E-state index contributed by atoms with van der Waals surface area (Å²) in [6.45, 7) is 5.16. The molecule has 1 aliphatic heterocycles. The highest BCUT2D eigenvalue weighted by Gasteiger charge is 2.36. The van der Waals surface area contributed by atoms with Crippen LogP contribution in [-0.4, -0.2) is 35.0 Å². The third kappa shape index (κ3) is 3.63. The standard InChI is InChI=1S/C17H23NO3/c1-17(2,14-8-4-3-5-9-14)16(21)18-10-6-7-13(12-18)11-15(19)20/h3-5,8-9,13H,6-7,10-12H2,1-2H3,(H,19,20). The highest BCUT2D eigenvalue weighted by molar-refractivity contribution is 5.87. The molecule has 0 spiro atoms. The minimum absolute atomic E-state index is 0.0757. The number of benzene rings is 1. The SMILES string of the molecule is CC(C)(C(=O)N1CCCC(CC(=O)O)C1)c1ccccc1. The van der Waals surface area contributed by atoms with E-state index in [1.165, 1.54) is 0 Å². The molecule has 0 radical (unpaired) electrons. The summed E-state index contributed by atoms with van der Waals surface area (Å²) in [5.74, 6) is -0.618. The minimum atomic E-state index is -0.781. The number of hydrogen-bond donors (Lipinski definition) is 1. The van der Waals surface area contributed by atoms with Crippen LogP contribution in [0.1, 0.15) is 38.7 Å².